The van der Waals surface area contributed by atoms with Gasteiger partial charge in [-0.25, -0.2) is 14.3 Å². The van der Waals surface area contributed by atoms with Crippen LogP contribution in [0.5, 0.6) is 0 Å². The van der Waals surface area contributed by atoms with E-state index in [9.17, 15) is 9.59 Å². The lowest BCUT2D eigenvalue weighted by Crippen LogP contribution is -2.41. The lowest BCUT2D eigenvalue weighted by atomic mass is 9.87. The number of H-pyrrole nitrogens is 2. The minimum atomic E-state index is -0.536. The van der Waals surface area contributed by atoms with Crippen LogP contribution in [0, 0.1) is 0 Å². The molecule has 4 aromatic rings. The highest BCUT2D eigenvalue weighted by molar-refractivity contribution is 6.30. The van der Waals surface area contributed by atoms with Crippen molar-refractivity contribution in [3.05, 3.63) is 79.5 Å². The lowest BCUT2D eigenvalue weighted by Gasteiger charge is -2.19. The molecule has 0 bridgehead atoms. The number of rotatable bonds is 4. The summed E-state index contributed by atoms with van der Waals surface area (Å²) in [6.45, 7) is 7.05. The van der Waals surface area contributed by atoms with Crippen molar-refractivity contribution >= 4 is 33.8 Å². The van der Waals surface area contributed by atoms with Crippen LogP contribution in [0.15, 0.2) is 52.1 Å². The standard InChI is InChI=1S/C23H23ClN4O2/c1-23(2,3)15-8-11-18-17(13-15)25-19-20(26-22(30)27-21(19)29)28(18)12-4-5-14-6-9-16(24)10-7-14/h6-11,13H,4-5,12H2,1-3H3,(H,27,29,30)/p+1. The Bertz CT molecular complexity index is 1350. The molecule has 4 rings (SSSR count). The van der Waals surface area contributed by atoms with E-state index in [1.807, 2.05) is 41.0 Å². The molecule has 7 heteroatoms. The van der Waals surface area contributed by atoms with Gasteiger partial charge in [0.2, 0.25) is 5.52 Å². The molecule has 2 aromatic carbocycles. The first-order valence-electron chi connectivity index (χ1n) is 9.97. The predicted molar refractivity (Wildman–Crippen MR) is 119 cm³/mol. The molecule has 2 N–H and O–H groups in total. The summed E-state index contributed by atoms with van der Waals surface area (Å²) in [5.74, 6) is 0. The van der Waals surface area contributed by atoms with Crippen molar-refractivity contribution in [1.82, 2.24) is 15.0 Å². The summed E-state index contributed by atoms with van der Waals surface area (Å²) in [4.78, 5) is 34.0. The van der Waals surface area contributed by atoms with Gasteiger partial charge in [-0.05, 0) is 53.6 Å². The minimum absolute atomic E-state index is 0.0400. The van der Waals surface area contributed by atoms with Crippen LogP contribution in [-0.2, 0) is 18.4 Å². The van der Waals surface area contributed by atoms with E-state index in [0.717, 1.165) is 29.4 Å². The Balaban J connectivity index is 1.82. The Morgan fingerprint density at radius 3 is 2.47 bits per heavy atom. The van der Waals surface area contributed by atoms with Crippen LogP contribution in [0.2, 0.25) is 5.02 Å². The van der Waals surface area contributed by atoms with Gasteiger partial charge < -0.3 is 0 Å². The van der Waals surface area contributed by atoms with E-state index >= 15 is 0 Å². The molecule has 0 atom stereocenters. The number of aromatic amines is 2. The van der Waals surface area contributed by atoms with Gasteiger partial charge in [0.15, 0.2) is 5.52 Å². The first-order valence-corrected chi connectivity index (χ1v) is 10.3. The second-order valence-corrected chi connectivity index (χ2v) is 8.99. The summed E-state index contributed by atoms with van der Waals surface area (Å²) in [7, 11) is 0. The van der Waals surface area contributed by atoms with E-state index in [2.05, 4.69) is 41.8 Å². The minimum Gasteiger partial charge on any atom is -0.267 e. The molecular weight excluding hydrogens is 400 g/mol. The lowest BCUT2D eigenvalue weighted by molar-refractivity contribution is -0.648. The number of hydrogen-bond acceptors (Lipinski definition) is 3. The largest absolute Gasteiger partial charge is 0.413 e. The number of benzene rings is 2. The Hall–Kier alpha value is -2.99. The van der Waals surface area contributed by atoms with Gasteiger partial charge in [-0.15, -0.1) is 0 Å². The van der Waals surface area contributed by atoms with Crippen molar-refractivity contribution in [3.63, 3.8) is 0 Å². The smallest absolute Gasteiger partial charge is 0.267 e. The number of hydrogen-bond donors (Lipinski definition) is 2. The van der Waals surface area contributed by atoms with Crippen molar-refractivity contribution in [2.45, 2.75) is 45.6 Å². The van der Waals surface area contributed by atoms with Gasteiger partial charge in [-0.2, -0.15) is 4.98 Å². The maximum atomic E-state index is 12.4. The van der Waals surface area contributed by atoms with Crippen LogP contribution in [0.4, 0.5) is 0 Å². The molecule has 0 radical (unpaired) electrons. The van der Waals surface area contributed by atoms with Crippen molar-refractivity contribution in [2.75, 3.05) is 0 Å². The maximum Gasteiger partial charge on any atom is 0.413 e. The van der Waals surface area contributed by atoms with E-state index in [1.165, 1.54) is 5.56 Å². The summed E-state index contributed by atoms with van der Waals surface area (Å²) in [5.41, 5.74) is 3.55. The molecule has 154 valence electrons. The topological polar surface area (TPSA) is 82.5 Å². The molecule has 0 aliphatic rings. The average molecular weight is 424 g/mol. The summed E-state index contributed by atoms with van der Waals surface area (Å²) >= 11 is 5.97. The second kappa shape index (κ2) is 7.69. The SMILES string of the molecule is CC(C)(C)c1ccc2c(c1)nc1c(=O)[nH]c(=O)[nH]c1[n+]2CCCc1ccc(Cl)cc1. The van der Waals surface area contributed by atoms with E-state index in [-0.39, 0.29) is 10.9 Å². The molecule has 2 aromatic heterocycles. The van der Waals surface area contributed by atoms with Gasteiger partial charge in [-0.3, -0.25) is 9.78 Å². The summed E-state index contributed by atoms with van der Waals surface area (Å²) < 4.78 is 1.98. The van der Waals surface area contributed by atoms with Gasteiger partial charge >= 0.3 is 11.3 Å². The molecule has 0 spiro atoms. The molecule has 6 nitrogen and oxygen atoms in total. The second-order valence-electron chi connectivity index (χ2n) is 8.55. The van der Waals surface area contributed by atoms with Crippen molar-refractivity contribution in [3.8, 4) is 0 Å². The maximum absolute atomic E-state index is 12.4. The molecule has 30 heavy (non-hydrogen) atoms. The van der Waals surface area contributed by atoms with Crippen LogP contribution in [0.3, 0.4) is 0 Å². The van der Waals surface area contributed by atoms with E-state index in [1.54, 1.807) is 0 Å². The highest BCUT2D eigenvalue weighted by Gasteiger charge is 2.21. The Morgan fingerprint density at radius 1 is 1.03 bits per heavy atom. The van der Waals surface area contributed by atoms with Crippen LogP contribution < -0.4 is 15.8 Å². The zero-order valence-electron chi connectivity index (χ0n) is 17.3. The number of nitrogens with zero attached hydrogens (tertiary/aromatic N) is 2. The van der Waals surface area contributed by atoms with Crippen molar-refractivity contribution in [2.24, 2.45) is 0 Å². The number of fused-ring (bicyclic) bond motifs is 2. The van der Waals surface area contributed by atoms with Crippen LogP contribution in [-0.4, -0.2) is 15.0 Å². The highest BCUT2D eigenvalue weighted by atomic mass is 35.5. The Morgan fingerprint density at radius 2 is 1.77 bits per heavy atom. The molecule has 0 aliphatic carbocycles. The van der Waals surface area contributed by atoms with E-state index in [4.69, 9.17) is 11.6 Å². The van der Waals surface area contributed by atoms with Crippen LogP contribution in [0.25, 0.3) is 22.2 Å². The molecule has 0 amide bonds. The van der Waals surface area contributed by atoms with E-state index in [0.29, 0.717) is 17.2 Å². The Labute approximate surface area is 178 Å². The van der Waals surface area contributed by atoms with Crippen molar-refractivity contribution < 1.29 is 4.57 Å². The normalized spacial score (nSPS) is 12.0. The monoisotopic (exact) mass is 423 g/mol. The average Bonchev–Trinajstić information content (AvgIpc) is 2.68. The fourth-order valence-electron chi connectivity index (χ4n) is 3.64. The zero-order valence-corrected chi connectivity index (χ0v) is 18.0. The summed E-state index contributed by atoms with van der Waals surface area (Å²) in [6, 6.07) is 13.9. The Kier molecular flexibility index (Phi) is 5.20. The van der Waals surface area contributed by atoms with Crippen LogP contribution in [0.1, 0.15) is 38.3 Å². The van der Waals surface area contributed by atoms with Gasteiger partial charge in [-0.1, -0.05) is 50.6 Å². The quantitative estimate of drug-likeness (QED) is 0.388. The third-order valence-corrected chi connectivity index (χ3v) is 5.55. The first-order chi connectivity index (χ1) is 14.2. The van der Waals surface area contributed by atoms with Gasteiger partial charge in [0.25, 0.3) is 5.56 Å². The molecule has 0 aliphatic heterocycles. The number of aromatic nitrogens is 4. The summed E-state index contributed by atoms with van der Waals surface area (Å²) in [5, 5.41) is 0.714. The molecule has 2 heterocycles. The van der Waals surface area contributed by atoms with Gasteiger partial charge in [0.1, 0.15) is 5.52 Å². The third-order valence-electron chi connectivity index (χ3n) is 5.29. The molecule has 0 saturated carbocycles. The molecular formula is C23H24ClN4O2+. The first kappa shape index (κ1) is 20.3. The number of halogens is 1. The zero-order chi connectivity index (χ0) is 21.5. The van der Waals surface area contributed by atoms with E-state index < -0.39 is 11.2 Å². The van der Waals surface area contributed by atoms with Crippen LogP contribution >= 0.6 is 11.6 Å². The number of nitrogens with one attached hydrogen (secondary N) is 2. The van der Waals surface area contributed by atoms with Gasteiger partial charge in [0.05, 0.1) is 6.54 Å². The van der Waals surface area contributed by atoms with Crippen molar-refractivity contribution in [1.29, 1.82) is 0 Å². The molecule has 0 fully saturated rings. The fraction of sp³-hybridized carbons (Fsp3) is 0.304. The number of aryl methyl sites for hydroxylation is 2. The fourth-order valence-corrected chi connectivity index (χ4v) is 3.77. The summed E-state index contributed by atoms with van der Waals surface area (Å²) in [6.07, 6.45) is 1.68. The third kappa shape index (κ3) is 4.00. The predicted octanol–water partition coefficient (Wildman–Crippen LogP) is 3.64. The molecule has 0 saturated heterocycles. The molecule has 0 unspecified atom stereocenters. The van der Waals surface area contributed by atoms with Gasteiger partial charge in [0, 0.05) is 5.02 Å². The highest BCUT2D eigenvalue weighted by Crippen LogP contribution is 2.25.